The van der Waals surface area contributed by atoms with E-state index in [4.69, 9.17) is 27.8 Å². The molecule has 34 heavy (non-hydrogen) atoms. The van der Waals surface area contributed by atoms with Crippen molar-refractivity contribution in [3.8, 4) is 23.0 Å². The highest BCUT2D eigenvalue weighted by molar-refractivity contribution is 7.49. The highest BCUT2D eigenvalue weighted by atomic mass is 31.2. The fraction of sp³-hybridized carbons (Fsp3) is 0.240. The molecule has 180 valence electrons. The lowest BCUT2D eigenvalue weighted by Gasteiger charge is -2.24. The molecule has 1 atom stereocenters. The largest absolute Gasteiger partial charge is 0.589 e. The van der Waals surface area contributed by atoms with E-state index in [1.165, 1.54) is 14.2 Å². The maximum absolute atomic E-state index is 14.1. The lowest BCUT2D eigenvalue weighted by atomic mass is 10.1. The average Bonchev–Trinajstić information content (AvgIpc) is 2.83. The van der Waals surface area contributed by atoms with E-state index in [0.717, 1.165) is 5.56 Å². The third kappa shape index (κ3) is 6.31. The Morgan fingerprint density at radius 1 is 0.824 bits per heavy atom. The summed E-state index contributed by atoms with van der Waals surface area (Å²) >= 11 is 0. The zero-order valence-electron chi connectivity index (χ0n) is 19.4. The van der Waals surface area contributed by atoms with Crippen LogP contribution in [0, 0.1) is 6.92 Å². The number of carbonyl (C=O) groups excluding carboxylic acids is 1. The molecule has 0 spiro atoms. The summed E-state index contributed by atoms with van der Waals surface area (Å²) in [4.78, 5) is 12.9. The third-order valence-corrected chi connectivity index (χ3v) is 5.95. The van der Waals surface area contributed by atoms with Gasteiger partial charge in [-0.25, -0.2) is 13.9 Å². The van der Waals surface area contributed by atoms with E-state index in [1.54, 1.807) is 73.7 Å². The van der Waals surface area contributed by atoms with Gasteiger partial charge < -0.3 is 23.3 Å². The minimum absolute atomic E-state index is 0.107. The predicted octanol–water partition coefficient (Wildman–Crippen LogP) is 5.90. The van der Waals surface area contributed by atoms with Gasteiger partial charge in [-0.15, -0.1) is 0 Å². The molecule has 0 heterocycles. The van der Waals surface area contributed by atoms with Gasteiger partial charge in [-0.1, -0.05) is 54.1 Å². The smallest absolute Gasteiger partial charge is 0.493 e. The molecule has 0 aliphatic heterocycles. The molecule has 0 N–H and O–H groups in total. The van der Waals surface area contributed by atoms with Crippen molar-refractivity contribution < 1.29 is 37.1 Å². The Morgan fingerprint density at radius 2 is 1.35 bits per heavy atom. The minimum atomic E-state index is -4.52. The molecule has 3 aromatic rings. The third-order valence-electron chi connectivity index (χ3n) is 4.64. The van der Waals surface area contributed by atoms with Crippen molar-refractivity contribution >= 4 is 13.8 Å². The molecule has 0 fully saturated rings. The first kappa shape index (κ1) is 25.1. The number of carbonyl (C=O) groups is 1. The number of phosphoric ester groups is 1. The van der Waals surface area contributed by atoms with Gasteiger partial charge in [0, 0.05) is 0 Å². The zero-order valence-corrected chi connectivity index (χ0v) is 20.3. The Bertz CT molecular complexity index is 1110. The summed E-state index contributed by atoms with van der Waals surface area (Å²) in [5.74, 6) is 0.0853. The normalized spacial score (nSPS) is 11.9. The van der Waals surface area contributed by atoms with E-state index >= 15 is 0 Å². The van der Waals surface area contributed by atoms with Gasteiger partial charge >= 0.3 is 13.8 Å². The summed E-state index contributed by atoms with van der Waals surface area (Å²) in [6.45, 7) is 3.64. The van der Waals surface area contributed by atoms with Crippen LogP contribution in [0.25, 0.3) is 0 Å². The van der Waals surface area contributed by atoms with Gasteiger partial charge in [-0.2, -0.15) is 0 Å². The summed E-state index contributed by atoms with van der Waals surface area (Å²) in [6.07, 6.45) is -1.38. The monoisotopic (exact) mass is 486 g/mol. The van der Waals surface area contributed by atoms with E-state index in [-0.39, 0.29) is 18.1 Å². The lowest BCUT2D eigenvalue weighted by molar-refractivity contribution is -0.152. The summed E-state index contributed by atoms with van der Waals surface area (Å²) in [7, 11) is -1.62. The van der Waals surface area contributed by atoms with Gasteiger partial charge in [-0.3, -0.25) is 0 Å². The van der Waals surface area contributed by atoms with Crippen LogP contribution in [0.1, 0.15) is 24.2 Å². The van der Waals surface area contributed by atoms with E-state index < -0.39 is 19.9 Å². The highest BCUT2D eigenvalue weighted by Crippen LogP contribution is 2.55. The standard InChI is InChI=1S/C25H27O8P/c1-5-30-25(26)24(19-12-10-11-18(2)17-19)33-34(27,31-22-15-8-6-13-20(22)28-3)32-23-16-9-7-14-21(23)29-4/h6-17,24H,5H2,1-4H3/t24-/m0/s1. The van der Waals surface area contributed by atoms with Crippen molar-refractivity contribution in [3.05, 3.63) is 83.9 Å². The highest BCUT2D eigenvalue weighted by Gasteiger charge is 2.40. The van der Waals surface area contributed by atoms with E-state index in [0.29, 0.717) is 17.1 Å². The number of para-hydroxylation sites is 4. The first-order valence-corrected chi connectivity index (χ1v) is 12.0. The van der Waals surface area contributed by atoms with Gasteiger partial charge in [0.15, 0.2) is 29.1 Å². The van der Waals surface area contributed by atoms with Crippen molar-refractivity contribution in [1.29, 1.82) is 0 Å². The molecule has 0 radical (unpaired) electrons. The molecule has 0 amide bonds. The number of methoxy groups -OCH3 is 2. The van der Waals surface area contributed by atoms with Gasteiger partial charge in [-0.05, 0) is 43.7 Å². The molecule has 0 aromatic heterocycles. The Balaban J connectivity index is 2.06. The molecule has 0 bridgehead atoms. The van der Waals surface area contributed by atoms with Gasteiger partial charge in [0.1, 0.15) is 0 Å². The van der Waals surface area contributed by atoms with Gasteiger partial charge in [0.05, 0.1) is 20.8 Å². The Morgan fingerprint density at radius 3 is 1.82 bits per heavy atom. The van der Waals surface area contributed by atoms with Crippen molar-refractivity contribution in [2.24, 2.45) is 0 Å². The number of rotatable bonds is 11. The van der Waals surface area contributed by atoms with Gasteiger partial charge in [0.2, 0.25) is 0 Å². The summed E-state index contributed by atoms with van der Waals surface area (Å²) in [5.41, 5.74) is 1.31. The molecule has 3 aromatic carbocycles. The maximum Gasteiger partial charge on any atom is 0.589 e. The van der Waals surface area contributed by atoms with Gasteiger partial charge in [0.25, 0.3) is 0 Å². The number of hydrogen-bond acceptors (Lipinski definition) is 8. The average molecular weight is 486 g/mol. The zero-order chi connectivity index (χ0) is 24.6. The molecule has 0 unspecified atom stereocenters. The second-order valence-electron chi connectivity index (χ2n) is 7.08. The first-order chi connectivity index (χ1) is 16.4. The van der Waals surface area contributed by atoms with Crippen LogP contribution >= 0.6 is 7.82 Å². The number of benzene rings is 3. The molecule has 0 aliphatic carbocycles. The fourth-order valence-corrected chi connectivity index (χ4v) is 4.48. The molecular formula is C25H27O8P. The molecular weight excluding hydrogens is 459 g/mol. The number of phosphoric acid groups is 1. The van der Waals surface area contributed by atoms with E-state index in [2.05, 4.69) is 0 Å². The van der Waals surface area contributed by atoms with Crippen LogP contribution in [-0.4, -0.2) is 26.8 Å². The van der Waals surface area contributed by atoms with Crippen LogP contribution < -0.4 is 18.5 Å². The van der Waals surface area contributed by atoms with Crippen LogP contribution in [0.5, 0.6) is 23.0 Å². The summed E-state index contributed by atoms with van der Waals surface area (Å²) in [5, 5.41) is 0. The molecule has 3 rings (SSSR count). The van der Waals surface area contributed by atoms with Crippen molar-refractivity contribution in [2.45, 2.75) is 20.0 Å². The second kappa shape index (κ2) is 11.6. The number of esters is 1. The Labute approximate surface area is 198 Å². The molecule has 8 nitrogen and oxygen atoms in total. The number of hydrogen-bond donors (Lipinski definition) is 0. The molecule has 0 saturated heterocycles. The second-order valence-corrected chi connectivity index (χ2v) is 8.55. The molecule has 0 aliphatic rings. The minimum Gasteiger partial charge on any atom is -0.493 e. The van der Waals surface area contributed by atoms with Crippen LogP contribution in [0.15, 0.2) is 72.8 Å². The number of aryl methyl sites for hydroxylation is 1. The number of ether oxygens (including phenoxy) is 3. The van der Waals surface area contributed by atoms with Crippen LogP contribution in [0.4, 0.5) is 0 Å². The van der Waals surface area contributed by atoms with Crippen molar-refractivity contribution in [1.82, 2.24) is 0 Å². The predicted molar refractivity (Wildman–Crippen MR) is 126 cm³/mol. The fourth-order valence-electron chi connectivity index (χ4n) is 3.11. The first-order valence-electron chi connectivity index (χ1n) is 10.6. The summed E-state index contributed by atoms with van der Waals surface area (Å²) < 4.78 is 47.2. The quantitative estimate of drug-likeness (QED) is 0.245. The van der Waals surface area contributed by atoms with Crippen LogP contribution in [-0.2, 0) is 18.6 Å². The van der Waals surface area contributed by atoms with E-state index in [1.807, 2.05) is 13.0 Å². The topological polar surface area (TPSA) is 89.5 Å². The molecule has 0 saturated carbocycles. The van der Waals surface area contributed by atoms with Crippen molar-refractivity contribution in [2.75, 3.05) is 20.8 Å². The Kier molecular flexibility index (Phi) is 8.57. The van der Waals surface area contributed by atoms with Crippen molar-refractivity contribution in [3.63, 3.8) is 0 Å². The SMILES string of the molecule is CCOC(=O)[C@@H](OP(=O)(Oc1ccccc1OC)Oc1ccccc1OC)c1cccc(C)c1. The Hall–Kier alpha value is -3.48. The summed E-state index contributed by atoms with van der Waals surface area (Å²) in [6, 6.07) is 20.2. The van der Waals surface area contributed by atoms with E-state index in [9.17, 15) is 9.36 Å². The van der Waals surface area contributed by atoms with Crippen LogP contribution in [0.2, 0.25) is 0 Å². The molecule has 9 heteroatoms. The lowest BCUT2D eigenvalue weighted by Crippen LogP contribution is -2.20. The maximum atomic E-state index is 14.1. The van der Waals surface area contributed by atoms with Crippen LogP contribution in [0.3, 0.4) is 0 Å².